The Balaban J connectivity index is 1.33. The number of benzene rings is 4. The average Bonchev–Trinajstić information content (AvgIpc) is 3.53. The Labute approximate surface area is 303 Å². The van der Waals surface area contributed by atoms with Crippen LogP contribution in [0.1, 0.15) is 36.8 Å². The van der Waals surface area contributed by atoms with Crippen LogP contribution in [0, 0.1) is 33.8 Å². The number of anilines is 2. The lowest BCUT2D eigenvalue weighted by Gasteiger charge is -2.50. The van der Waals surface area contributed by atoms with Crippen LogP contribution in [-0.2, 0) is 24.6 Å². The number of rotatable bonds is 7. The van der Waals surface area contributed by atoms with Crippen molar-refractivity contribution in [2.45, 2.75) is 31.1 Å². The summed E-state index contributed by atoms with van der Waals surface area (Å²) in [5.74, 6) is -5.66. The predicted octanol–water partition coefficient (Wildman–Crippen LogP) is 6.72. The topological polar surface area (TPSA) is 147 Å². The zero-order valence-electron chi connectivity index (χ0n) is 27.8. The highest BCUT2D eigenvalue weighted by Crippen LogP contribution is 2.65. The number of carbonyl (C=O) groups is 4. The number of non-ortho nitro benzene ring substituents is 1. The molecule has 4 aromatic carbocycles. The van der Waals surface area contributed by atoms with E-state index in [0.29, 0.717) is 21.8 Å². The molecule has 2 aliphatic carbocycles. The SMILES string of the molecule is CCOc1cc(C2C3=CCC4C(=O)N(c5ccc([N+](=O)[O-])cc5)C(=O)C4C3CC3C(=O)N(c4cccc(Cl)c4)C(=O)C32c2ccccc2)ccc1O. The van der Waals surface area contributed by atoms with Crippen LogP contribution in [0.2, 0.25) is 5.02 Å². The van der Waals surface area contributed by atoms with Gasteiger partial charge in [-0.15, -0.1) is 0 Å². The van der Waals surface area contributed by atoms with Crippen LogP contribution in [0.25, 0.3) is 0 Å². The van der Waals surface area contributed by atoms with Crippen molar-refractivity contribution in [3.8, 4) is 11.5 Å². The van der Waals surface area contributed by atoms with Crippen LogP contribution < -0.4 is 14.5 Å². The number of hydrogen-bond donors (Lipinski definition) is 1. The monoisotopic (exact) mass is 717 g/mol. The molecule has 6 unspecified atom stereocenters. The van der Waals surface area contributed by atoms with Gasteiger partial charge in [0.25, 0.3) is 5.69 Å². The van der Waals surface area contributed by atoms with Crippen molar-refractivity contribution in [2.75, 3.05) is 16.4 Å². The van der Waals surface area contributed by atoms with Crippen LogP contribution in [0.5, 0.6) is 11.5 Å². The minimum absolute atomic E-state index is 0.0920. The van der Waals surface area contributed by atoms with Gasteiger partial charge in [0.1, 0.15) is 0 Å². The number of hydrogen-bond acceptors (Lipinski definition) is 8. The molecule has 3 fully saturated rings. The number of halogens is 1. The van der Waals surface area contributed by atoms with Gasteiger partial charge in [-0.3, -0.25) is 34.2 Å². The standard InChI is InChI=1S/C40H32ClN3O8/c1-2-52-33-19-22(11-18-32(33)45)35-28-16-17-29-34(38(48)42(36(29)46)25-12-14-26(15-13-25)44(50)51)30(28)21-31-37(47)43(27-10-6-9-24(41)20-27)39(49)40(31,35)23-7-4-3-5-8-23/h3-16,18-20,29-31,34-35,45H,2,17,21H2,1H3. The predicted molar refractivity (Wildman–Crippen MR) is 191 cm³/mol. The molecule has 2 saturated heterocycles. The summed E-state index contributed by atoms with van der Waals surface area (Å²) in [5, 5.41) is 22.4. The van der Waals surface area contributed by atoms with Gasteiger partial charge < -0.3 is 9.84 Å². The second-order valence-corrected chi connectivity index (χ2v) is 14.0. The van der Waals surface area contributed by atoms with Crippen LogP contribution in [0.3, 0.4) is 0 Å². The van der Waals surface area contributed by atoms with Crippen molar-refractivity contribution in [3.63, 3.8) is 0 Å². The number of allylic oxidation sites excluding steroid dienone is 2. The van der Waals surface area contributed by atoms with E-state index in [1.165, 1.54) is 35.2 Å². The van der Waals surface area contributed by atoms with Gasteiger partial charge in [-0.05, 0) is 79.3 Å². The molecule has 2 aliphatic heterocycles. The second-order valence-electron chi connectivity index (χ2n) is 13.5. The maximum absolute atomic E-state index is 15.4. The Bertz CT molecular complexity index is 2210. The first-order chi connectivity index (χ1) is 25.1. The summed E-state index contributed by atoms with van der Waals surface area (Å²) in [4.78, 5) is 71.8. The third-order valence-corrected chi connectivity index (χ3v) is 11.3. The summed E-state index contributed by atoms with van der Waals surface area (Å²) < 4.78 is 5.80. The summed E-state index contributed by atoms with van der Waals surface area (Å²) in [7, 11) is 0. The third-order valence-electron chi connectivity index (χ3n) is 11.1. The number of imide groups is 2. The van der Waals surface area contributed by atoms with Crippen molar-refractivity contribution in [2.24, 2.45) is 23.7 Å². The Kier molecular flexibility index (Phi) is 7.98. The smallest absolute Gasteiger partial charge is 0.269 e. The Morgan fingerprint density at radius 2 is 1.62 bits per heavy atom. The van der Waals surface area contributed by atoms with Gasteiger partial charge >= 0.3 is 0 Å². The van der Waals surface area contributed by atoms with Gasteiger partial charge in [0.05, 0.1) is 46.1 Å². The summed E-state index contributed by atoms with van der Waals surface area (Å²) in [6.07, 6.45) is 2.24. The molecule has 11 nitrogen and oxygen atoms in total. The van der Waals surface area contributed by atoms with E-state index in [1.54, 1.807) is 43.3 Å². The minimum atomic E-state index is -1.49. The molecule has 6 atom stereocenters. The van der Waals surface area contributed by atoms with Crippen molar-refractivity contribution in [1.82, 2.24) is 0 Å². The van der Waals surface area contributed by atoms with E-state index < -0.39 is 63.6 Å². The van der Waals surface area contributed by atoms with E-state index in [4.69, 9.17) is 16.3 Å². The molecular weight excluding hydrogens is 686 g/mol. The molecule has 0 bridgehead atoms. The number of aromatic hydroxyl groups is 1. The maximum atomic E-state index is 15.4. The molecule has 4 aromatic rings. The first kappa shape index (κ1) is 33.3. The van der Waals surface area contributed by atoms with E-state index >= 15 is 4.79 Å². The number of nitro benzene ring substituents is 1. The molecule has 4 aliphatic rings. The largest absolute Gasteiger partial charge is 0.504 e. The zero-order chi connectivity index (χ0) is 36.5. The van der Waals surface area contributed by atoms with E-state index in [1.807, 2.05) is 36.4 Å². The number of phenolic OH excluding ortho intramolecular Hbond substituents is 1. The fraction of sp³-hybridized carbons (Fsp3) is 0.250. The Hall–Kier alpha value is -5.81. The fourth-order valence-electron chi connectivity index (χ4n) is 9.08. The number of nitro groups is 1. The first-order valence-electron chi connectivity index (χ1n) is 17.0. The molecule has 0 spiro atoms. The Morgan fingerprint density at radius 3 is 2.31 bits per heavy atom. The number of amides is 4. The summed E-state index contributed by atoms with van der Waals surface area (Å²) >= 11 is 6.38. The van der Waals surface area contributed by atoms with E-state index in [-0.39, 0.29) is 42.3 Å². The van der Waals surface area contributed by atoms with Gasteiger partial charge in [-0.2, -0.15) is 0 Å². The highest BCUT2D eigenvalue weighted by atomic mass is 35.5. The lowest BCUT2D eigenvalue weighted by Crippen LogP contribution is -2.53. The lowest BCUT2D eigenvalue weighted by molar-refractivity contribution is -0.384. The molecule has 8 rings (SSSR count). The number of carbonyl (C=O) groups excluding carboxylic acids is 4. The quantitative estimate of drug-likeness (QED) is 0.0960. The summed E-state index contributed by atoms with van der Waals surface area (Å²) in [6.45, 7) is 2.05. The van der Waals surface area contributed by atoms with E-state index in [9.17, 15) is 29.6 Å². The minimum Gasteiger partial charge on any atom is -0.504 e. The molecule has 0 radical (unpaired) electrons. The van der Waals surface area contributed by atoms with E-state index in [0.717, 1.165) is 10.5 Å². The molecular formula is C40H32ClN3O8. The van der Waals surface area contributed by atoms with Crippen LogP contribution in [0.15, 0.2) is 109 Å². The molecule has 52 heavy (non-hydrogen) atoms. The lowest BCUT2D eigenvalue weighted by atomic mass is 9.49. The summed E-state index contributed by atoms with van der Waals surface area (Å²) in [5.41, 5.74) is 0.838. The van der Waals surface area contributed by atoms with Gasteiger partial charge in [0.2, 0.25) is 23.6 Å². The van der Waals surface area contributed by atoms with Crippen LogP contribution >= 0.6 is 11.6 Å². The van der Waals surface area contributed by atoms with Gasteiger partial charge in [-0.1, -0.05) is 65.7 Å². The van der Waals surface area contributed by atoms with E-state index in [2.05, 4.69) is 0 Å². The molecule has 4 amide bonds. The third kappa shape index (κ3) is 4.79. The van der Waals surface area contributed by atoms with Crippen molar-refractivity contribution in [3.05, 3.63) is 135 Å². The highest BCUT2D eigenvalue weighted by Gasteiger charge is 2.70. The van der Waals surface area contributed by atoms with Crippen LogP contribution in [-0.4, -0.2) is 40.3 Å². The molecule has 1 saturated carbocycles. The molecule has 1 N–H and O–H groups in total. The number of ether oxygens (including phenoxy) is 1. The van der Waals surface area contributed by atoms with Crippen molar-refractivity contribution >= 4 is 52.3 Å². The Morgan fingerprint density at radius 1 is 0.865 bits per heavy atom. The molecule has 262 valence electrons. The zero-order valence-corrected chi connectivity index (χ0v) is 28.6. The average molecular weight is 718 g/mol. The van der Waals surface area contributed by atoms with Gasteiger partial charge in [0.15, 0.2) is 11.5 Å². The number of fused-ring (bicyclic) bond motifs is 4. The second kappa shape index (κ2) is 12.4. The maximum Gasteiger partial charge on any atom is 0.269 e. The van der Waals surface area contributed by atoms with Gasteiger partial charge in [-0.25, -0.2) is 4.90 Å². The molecule has 0 aromatic heterocycles. The van der Waals surface area contributed by atoms with Crippen LogP contribution in [0.4, 0.5) is 17.1 Å². The highest BCUT2D eigenvalue weighted by molar-refractivity contribution is 6.32. The summed E-state index contributed by atoms with van der Waals surface area (Å²) in [6, 6.07) is 25.9. The fourth-order valence-corrected chi connectivity index (χ4v) is 9.26. The number of phenols is 1. The molecule has 12 heteroatoms. The number of nitrogens with zero attached hydrogens (tertiary/aromatic N) is 3. The van der Waals surface area contributed by atoms with Crippen molar-refractivity contribution in [1.29, 1.82) is 0 Å². The molecule has 2 heterocycles. The normalized spacial score (nSPS) is 26.5. The first-order valence-corrected chi connectivity index (χ1v) is 17.4. The van der Waals surface area contributed by atoms with Gasteiger partial charge in [0, 0.05) is 23.1 Å². The van der Waals surface area contributed by atoms with Crippen molar-refractivity contribution < 1.29 is 33.9 Å².